The summed E-state index contributed by atoms with van der Waals surface area (Å²) in [6, 6.07) is 7.82. The Bertz CT molecular complexity index is 315. The fourth-order valence-electron chi connectivity index (χ4n) is 1.59. The average molecular weight is 240 g/mol. The van der Waals surface area contributed by atoms with Crippen molar-refractivity contribution in [3.8, 4) is 11.5 Å². The molecule has 0 fully saturated rings. The van der Waals surface area contributed by atoms with Crippen LogP contribution in [0.5, 0.6) is 11.5 Å². The summed E-state index contributed by atoms with van der Waals surface area (Å²) in [5.74, 6) is 1.76. The van der Waals surface area contributed by atoms with E-state index in [0.29, 0.717) is 11.3 Å². The summed E-state index contributed by atoms with van der Waals surface area (Å²) in [7, 11) is 1.25. The van der Waals surface area contributed by atoms with Crippen molar-refractivity contribution in [2.24, 2.45) is 0 Å². The second kappa shape index (κ2) is 6.10. The highest BCUT2D eigenvalue weighted by Gasteiger charge is 2.19. The highest BCUT2D eigenvalue weighted by atomic mass is 31.1. The Kier molecular flexibility index (Phi) is 5.08. The molecule has 0 unspecified atom stereocenters. The third-order valence-corrected chi connectivity index (χ3v) is 4.73. The molecule has 1 rings (SSSR count). The Balaban J connectivity index is 2.77. The van der Waals surface area contributed by atoms with E-state index in [0.717, 1.165) is 11.5 Å². The lowest BCUT2D eigenvalue weighted by atomic mass is 10.3. The van der Waals surface area contributed by atoms with Crippen LogP contribution in [-0.2, 0) is 0 Å². The van der Waals surface area contributed by atoms with Crippen LogP contribution in [0.4, 0.5) is 0 Å². The van der Waals surface area contributed by atoms with Crippen LogP contribution in [0.3, 0.4) is 0 Å². The van der Waals surface area contributed by atoms with Gasteiger partial charge in [0.05, 0.1) is 15.3 Å². The van der Waals surface area contributed by atoms with Crippen LogP contribution >= 0.6 is 8.15 Å². The van der Waals surface area contributed by atoms with Gasteiger partial charge in [0.15, 0.2) is 0 Å². The number of hydrogen-bond acceptors (Lipinski definition) is 2. The number of benzene rings is 1. The predicted octanol–water partition coefficient (Wildman–Crippen LogP) is 4.29. The SMILES string of the molecule is COc1cccc(OP(C(C)C)C(C)C)c1. The van der Waals surface area contributed by atoms with Gasteiger partial charge in [-0.05, 0) is 12.1 Å². The van der Waals surface area contributed by atoms with Gasteiger partial charge in [0.1, 0.15) is 11.5 Å². The molecule has 0 N–H and O–H groups in total. The first kappa shape index (κ1) is 13.3. The van der Waals surface area contributed by atoms with E-state index in [4.69, 9.17) is 9.26 Å². The summed E-state index contributed by atoms with van der Waals surface area (Å²) in [6.07, 6.45) is 0. The summed E-state index contributed by atoms with van der Waals surface area (Å²) < 4.78 is 11.2. The van der Waals surface area contributed by atoms with E-state index in [1.54, 1.807) is 7.11 Å². The second-order valence-electron chi connectivity index (χ2n) is 4.32. The molecule has 0 aliphatic rings. The van der Waals surface area contributed by atoms with Gasteiger partial charge in [-0.15, -0.1) is 0 Å². The second-order valence-corrected chi connectivity index (χ2v) is 7.29. The van der Waals surface area contributed by atoms with Crippen LogP contribution in [0, 0.1) is 0 Å². The zero-order valence-corrected chi connectivity index (χ0v) is 11.6. The molecule has 2 nitrogen and oxygen atoms in total. The zero-order valence-electron chi connectivity index (χ0n) is 10.7. The molecule has 0 aliphatic carbocycles. The zero-order chi connectivity index (χ0) is 12.1. The fraction of sp³-hybridized carbons (Fsp3) is 0.538. The summed E-state index contributed by atoms with van der Waals surface area (Å²) >= 11 is 0. The van der Waals surface area contributed by atoms with Gasteiger partial charge in [-0.1, -0.05) is 33.8 Å². The van der Waals surface area contributed by atoms with Gasteiger partial charge in [-0.2, -0.15) is 0 Å². The number of methoxy groups -OCH3 is 1. The first-order valence-corrected chi connectivity index (χ1v) is 7.04. The predicted molar refractivity (Wildman–Crippen MR) is 70.8 cm³/mol. The van der Waals surface area contributed by atoms with Crippen molar-refractivity contribution in [1.82, 2.24) is 0 Å². The van der Waals surface area contributed by atoms with E-state index >= 15 is 0 Å². The maximum absolute atomic E-state index is 6.06. The van der Waals surface area contributed by atoms with Crippen molar-refractivity contribution in [2.45, 2.75) is 39.0 Å². The van der Waals surface area contributed by atoms with E-state index < -0.39 is 8.15 Å². The molecular formula is C13H21O2P. The molecule has 0 spiro atoms. The number of rotatable bonds is 5. The third-order valence-electron chi connectivity index (χ3n) is 2.27. The average Bonchev–Trinajstić information content (AvgIpc) is 2.25. The molecule has 0 heterocycles. The summed E-state index contributed by atoms with van der Waals surface area (Å²) in [5, 5.41) is 0. The van der Waals surface area contributed by atoms with Gasteiger partial charge < -0.3 is 9.26 Å². The highest BCUT2D eigenvalue weighted by molar-refractivity contribution is 7.54. The monoisotopic (exact) mass is 240 g/mol. The normalized spacial score (nSPS) is 11.2. The third kappa shape index (κ3) is 3.68. The molecule has 0 atom stereocenters. The molecule has 3 heteroatoms. The van der Waals surface area contributed by atoms with Gasteiger partial charge in [-0.3, -0.25) is 0 Å². The summed E-state index contributed by atoms with van der Waals surface area (Å²) in [5.41, 5.74) is 1.14. The molecule has 0 aromatic heterocycles. The Morgan fingerprint density at radius 3 is 2.06 bits per heavy atom. The molecule has 1 aromatic carbocycles. The lowest BCUT2D eigenvalue weighted by Gasteiger charge is -2.25. The summed E-state index contributed by atoms with van der Waals surface area (Å²) in [4.78, 5) is 0. The molecule has 0 radical (unpaired) electrons. The molecule has 0 bridgehead atoms. The minimum Gasteiger partial charge on any atom is -0.497 e. The molecule has 0 saturated carbocycles. The Morgan fingerprint density at radius 1 is 1.00 bits per heavy atom. The maximum atomic E-state index is 6.06. The first-order chi connectivity index (χ1) is 7.54. The summed E-state index contributed by atoms with van der Waals surface area (Å²) in [6.45, 7) is 8.86. The Labute approximate surface area is 99.8 Å². The van der Waals surface area contributed by atoms with Crippen LogP contribution in [0.1, 0.15) is 27.7 Å². The number of ether oxygens (including phenoxy) is 1. The molecule has 0 amide bonds. The van der Waals surface area contributed by atoms with Crippen LogP contribution in [0.25, 0.3) is 0 Å². The first-order valence-electron chi connectivity index (χ1n) is 5.65. The van der Waals surface area contributed by atoms with Gasteiger partial charge in [0, 0.05) is 17.4 Å². The van der Waals surface area contributed by atoms with Crippen LogP contribution in [0.2, 0.25) is 0 Å². The topological polar surface area (TPSA) is 18.5 Å². The van der Waals surface area contributed by atoms with E-state index in [1.807, 2.05) is 24.3 Å². The van der Waals surface area contributed by atoms with Crippen LogP contribution in [0.15, 0.2) is 24.3 Å². The van der Waals surface area contributed by atoms with Crippen molar-refractivity contribution >= 4 is 8.15 Å². The minimum absolute atomic E-state index is 0.428. The van der Waals surface area contributed by atoms with E-state index in [-0.39, 0.29) is 0 Å². The van der Waals surface area contributed by atoms with Crippen molar-refractivity contribution < 1.29 is 9.26 Å². The standard InChI is InChI=1S/C13H21O2P/c1-10(2)16(11(3)4)15-13-8-6-7-12(9-13)14-5/h6-11H,1-5H3. The van der Waals surface area contributed by atoms with E-state index in [2.05, 4.69) is 27.7 Å². The van der Waals surface area contributed by atoms with Crippen molar-refractivity contribution in [3.05, 3.63) is 24.3 Å². The van der Waals surface area contributed by atoms with Gasteiger partial charge >= 0.3 is 0 Å². The quantitative estimate of drug-likeness (QED) is 0.715. The van der Waals surface area contributed by atoms with Gasteiger partial charge in [0.25, 0.3) is 0 Å². The largest absolute Gasteiger partial charge is 0.497 e. The fourth-order valence-corrected chi connectivity index (χ4v) is 3.56. The highest BCUT2D eigenvalue weighted by Crippen LogP contribution is 2.47. The van der Waals surface area contributed by atoms with Crippen molar-refractivity contribution in [2.75, 3.05) is 7.11 Å². The molecule has 0 aliphatic heterocycles. The lowest BCUT2D eigenvalue weighted by Crippen LogP contribution is -2.08. The number of hydrogen-bond donors (Lipinski definition) is 0. The van der Waals surface area contributed by atoms with Crippen molar-refractivity contribution in [3.63, 3.8) is 0 Å². The van der Waals surface area contributed by atoms with E-state index in [1.165, 1.54) is 0 Å². The van der Waals surface area contributed by atoms with Crippen LogP contribution in [-0.4, -0.2) is 18.4 Å². The Hall–Kier alpha value is -0.750. The van der Waals surface area contributed by atoms with E-state index in [9.17, 15) is 0 Å². The molecule has 90 valence electrons. The molecule has 1 aromatic rings. The smallest absolute Gasteiger partial charge is 0.127 e. The van der Waals surface area contributed by atoms with Gasteiger partial charge in [-0.25, -0.2) is 0 Å². The molecule has 16 heavy (non-hydrogen) atoms. The minimum atomic E-state index is -0.428. The van der Waals surface area contributed by atoms with Crippen LogP contribution < -0.4 is 9.26 Å². The molecular weight excluding hydrogens is 219 g/mol. The van der Waals surface area contributed by atoms with Gasteiger partial charge in [0.2, 0.25) is 0 Å². The van der Waals surface area contributed by atoms with Crippen molar-refractivity contribution in [1.29, 1.82) is 0 Å². The molecule has 0 saturated heterocycles. The lowest BCUT2D eigenvalue weighted by molar-refractivity contribution is 0.412. The maximum Gasteiger partial charge on any atom is 0.127 e. The Morgan fingerprint density at radius 2 is 1.56 bits per heavy atom.